The highest BCUT2D eigenvalue weighted by Crippen LogP contribution is 2.12. The predicted octanol–water partition coefficient (Wildman–Crippen LogP) is 0.389. The Morgan fingerprint density at radius 1 is 1.41 bits per heavy atom. The Morgan fingerprint density at radius 2 is 2.18 bits per heavy atom. The van der Waals surface area contributed by atoms with Crippen LogP contribution in [0.15, 0.2) is 0 Å². The van der Waals surface area contributed by atoms with Crippen molar-refractivity contribution in [3.63, 3.8) is 0 Å². The van der Waals surface area contributed by atoms with E-state index in [1.807, 2.05) is 0 Å². The van der Waals surface area contributed by atoms with Crippen molar-refractivity contribution >= 4 is 0 Å². The Labute approximate surface area is 105 Å². The first-order valence-corrected chi connectivity index (χ1v) is 7.01. The largest absolute Gasteiger partial charge is 0.374 e. The Balaban J connectivity index is 1.80. The molecule has 0 aromatic heterocycles. The fraction of sp³-hybridized carbons (Fsp3) is 1.00. The van der Waals surface area contributed by atoms with Gasteiger partial charge in [-0.15, -0.1) is 0 Å². The average Bonchev–Trinajstić information content (AvgIpc) is 2.26. The van der Waals surface area contributed by atoms with Gasteiger partial charge in [0.05, 0.1) is 12.7 Å². The van der Waals surface area contributed by atoms with Crippen LogP contribution >= 0.6 is 0 Å². The van der Waals surface area contributed by atoms with Gasteiger partial charge in [0.15, 0.2) is 0 Å². The van der Waals surface area contributed by atoms with Crippen molar-refractivity contribution in [1.82, 2.24) is 15.1 Å². The minimum Gasteiger partial charge on any atom is -0.374 e. The van der Waals surface area contributed by atoms with Gasteiger partial charge in [-0.1, -0.05) is 6.92 Å². The molecule has 0 spiro atoms. The van der Waals surface area contributed by atoms with Crippen LogP contribution in [0.3, 0.4) is 0 Å². The molecule has 0 aromatic rings. The second-order valence-electron chi connectivity index (χ2n) is 5.48. The van der Waals surface area contributed by atoms with Crippen LogP contribution in [0, 0.1) is 0 Å². The third kappa shape index (κ3) is 3.41. The van der Waals surface area contributed by atoms with E-state index in [0.29, 0.717) is 12.1 Å². The SMILES string of the molecule is CCN(CC1CN(C(C)C)CCO1)C1CNC1. The van der Waals surface area contributed by atoms with Crippen LogP contribution in [0.4, 0.5) is 0 Å². The van der Waals surface area contributed by atoms with E-state index >= 15 is 0 Å². The summed E-state index contributed by atoms with van der Waals surface area (Å²) < 4.78 is 5.91. The summed E-state index contributed by atoms with van der Waals surface area (Å²) in [6.45, 7) is 14.4. The maximum absolute atomic E-state index is 5.91. The van der Waals surface area contributed by atoms with Gasteiger partial charge >= 0.3 is 0 Å². The van der Waals surface area contributed by atoms with Crippen LogP contribution in [0.2, 0.25) is 0 Å². The van der Waals surface area contributed by atoms with Crippen LogP contribution < -0.4 is 5.32 Å². The number of nitrogens with one attached hydrogen (secondary N) is 1. The molecule has 100 valence electrons. The number of likely N-dealkylation sites (N-methyl/N-ethyl adjacent to an activating group) is 1. The van der Waals surface area contributed by atoms with Crippen molar-refractivity contribution in [3.05, 3.63) is 0 Å². The lowest BCUT2D eigenvalue weighted by Crippen LogP contribution is -2.60. The van der Waals surface area contributed by atoms with Crippen LogP contribution in [0.1, 0.15) is 20.8 Å². The second-order valence-corrected chi connectivity index (χ2v) is 5.48. The van der Waals surface area contributed by atoms with E-state index in [4.69, 9.17) is 4.74 Å². The summed E-state index contributed by atoms with van der Waals surface area (Å²) >= 11 is 0. The van der Waals surface area contributed by atoms with Gasteiger partial charge in [0, 0.05) is 44.8 Å². The van der Waals surface area contributed by atoms with Crippen LogP contribution in [0.5, 0.6) is 0 Å². The van der Waals surface area contributed by atoms with Crippen LogP contribution in [-0.4, -0.2) is 73.9 Å². The number of hydrogen-bond donors (Lipinski definition) is 1. The highest BCUT2D eigenvalue weighted by Gasteiger charge is 2.28. The Kier molecular flexibility index (Phi) is 4.79. The summed E-state index contributed by atoms with van der Waals surface area (Å²) in [7, 11) is 0. The molecule has 0 amide bonds. The van der Waals surface area contributed by atoms with E-state index < -0.39 is 0 Å². The molecule has 2 heterocycles. The molecule has 0 saturated carbocycles. The zero-order chi connectivity index (χ0) is 12.3. The first-order chi connectivity index (χ1) is 8.20. The van der Waals surface area contributed by atoms with Crippen molar-refractivity contribution < 1.29 is 4.74 Å². The summed E-state index contributed by atoms with van der Waals surface area (Å²) in [5.74, 6) is 0. The molecule has 17 heavy (non-hydrogen) atoms. The molecule has 4 heteroatoms. The molecule has 0 radical (unpaired) electrons. The van der Waals surface area contributed by atoms with E-state index in [9.17, 15) is 0 Å². The lowest BCUT2D eigenvalue weighted by atomic mass is 10.1. The normalized spacial score (nSPS) is 27.7. The third-order valence-corrected chi connectivity index (χ3v) is 4.02. The van der Waals surface area contributed by atoms with Gasteiger partial charge in [-0.3, -0.25) is 9.80 Å². The molecular formula is C13H27N3O. The van der Waals surface area contributed by atoms with E-state index in [-0.39, 0.29) is 0 Å². The summed E-state index contributed by atoms with van der Waals surface area (Å²) in [5.41, 5.74) is 0. The minimum absolute atomic E-state index is 0.395. The fourth-order valence-corrected chi connectivity index (χ4v) is 2.65. The molecule has 4 nitrogen and oxygen atoms in total. The molecule has 2 rings (SSSR count). The van der Waals surface area contributed by atoms with Crippen molar-refractivity contribution in [1.29, 1.82) is 0 Å². The fourth-order valence-electron chi connectivity index (χ4n) is 2.65. The second kappa shape index (κ2) is 6.14. The topological polar surface area (TPSA) is 27.7 Å². The zero-order valence-corrected chi connectivity index (χ0v) is 11.5. The molecular weight excluding hydrogens is 214 g/mol. The molecule has 1 N–H and O–H groups in total. The smallest absolute Gasteiger partial charge is 0.0829 e. The molecule has 2 fully saturated rings. The van der Waals surface area contributed by atoms with E-state index in [1.54, 1.807) is 0 Å². The number of hydrogen-bond acceptors (Lipinski definition) is 4. The van der Waals surface area contributed by atoms with Crippen LogP contribution in [-0.2, 0) is 4.74 Å². The first-order valence-electron chi connectivity index (χ1n) is 7.01. The van der Waals surface area contributed by atoms with Gasteiger partial charge in [-0.25, -0.2) is 0 Å². The van der Waals surface area contributed by atoms with Crippen molar-refractivity contribution in [2.24, 2.45) is 0 Å². The summed E-state index contributed by atoms with van der Waals surface area (Å²) in [6, 6.07) is 1.37. The Morgan fingerprint density at radius 3 is 2.71 bits per heavy atom. The predicted molar refractivity (Wildman–Crippen MR) is 70.4 cm³/mol. The maximum atomic E-state index is 5.91. The maximum Gasteiger partial charge on any atom is 0.0829 e. The molecule has 1 unspecified atom stereocenters. The third-order valence-electron chi connectivity index (χ3n) is 4.02. The van der Waals surface area contributed by atoms with Gasteiger partial charge in [-0.05, 0) is 20.4 Å². The monoisotopic (exact) mass is 241 g/mol. The molecule has 0 bridgehead atoms. The van der Waals surface area contributed by atoms with Crippen molar-refractivity contribution in [3.8, 4) is 0 Å². The van der Waals surface area contributed by atoms with Gasteiger partial charge < -0.3 is 10.1 Å². The van der Waals surface area contributed by atoms with Crippen molar-refractivity contribution in [2.75, 3.05) is 45.9 Å². The summed E-state index contributed by atoms with van der Waals surface area (Å²) in [6.07, 6.45) is 0.395. The number of nitrogens with zero attached hydrogens (tertiary/aromatic N) is 2. The summed E-state index contributed by atoms with van der Waals surface area (Å²) in [4.78, 5) is 5.09. The first kappa shape index (κ1) is 13.3. The Hall–Kier alpha value is -0.160. The standard InChI is InChI=1S/C13H27N3O/c1-4-15(12-7-14-8-12)9-13-10-16(11(2)3)5-6-17-13/h11-14H,4-10H2,1-3H3. The quantitative estimate of drug-likeness (QED) is 0.753. The van der Waals surface area contributed by atoms with Crippen LogP contribution in [0.25, 0.3) is 0 Å². The van der Waals surface area contributed by atoms with E-state index in [1.165, 1.54) is 0 Å². The lowest BCUT2D eigenvalue weighted by Gasteiger charge is -2.42. The Bertz CT molecular complexity index is 231. The molecule has 0 aliphatic carbocycles. The molecule has 2 aliphatic rings. The number of rotatable bonds is 5. The zero-order valence-electron chi connectivity index (χ0n) is 11.5. The van der Waals surface area contributed by atoms with Gasteiger partial charge in [0.25, 0.3) is 0 Å². The number of morpholine rings is 1. The molecule has 2 aliphatic heterocycles. The molecule has 2 saturated heterocycles. The van der Waals surface area contributed by atoms with Gasteiger partial charge in [-0.2, -0.15) is 0 Å². The highest BCUT2D eigenvalue weighted by molar-refractivity contribution is 4.86. The van der Waals surface area contributed by atoms with E-state index in [2.05, 4.69) is 35.9 Å². The van der Waals surface area contributed by atoms with Gasteiger partial charge in [0.1, 0.15) is 0 Å². The van der Waals surface area contributed by atoms with Crippen molar-refractivity contribution in [2.45, 2.75) is 39.0 Å². The minimum atomic E-state index is 0.395. The lowest BCUT2D eigenvalue weighted by molar-refractivity contribution is -0.0587. The molecule has 0 aromatic carbocycles. The number of ether oxygens (including phenoxy) is 1. The molecule has 1 atom stereocenters. The average molecular weight is 241 g/mol. The highest BCUT2D eigenvalue weighted by atomic mass is 16.5. The van der Waals surface area contributed by atoms with Gasteiger partial charge in [0.2, 0.25) is 0 Å². The van der Waals surface area contributed by atoms with E-state index in [0.717, 1.165) is 51.9 Å². The summed E-state index contributed by atoms with van der Waals surface area (Å²) in [5, 5.41) is 3.35.